The summed E-state index contributed by atoms with van der Waals surface area (Å²) in [7, 11) is 1.84. The maximum atomic E-state index is 5.58. The maximum absolute atomic E-state index is 5.58. The van der Waals surface area contributed by atoms with Crippen LogP contribution >= 0.6 is 0 Å². The number of nitrogens with one attached hydrogen (secondary N) is 1. The van der Waals surface area contributed by atoms with E-state index in [4.69, 9.17) is 4.74 Å². The highest BCUT2D eigenvalue weighted by molar-refractivity contribution is 4.82. The highest BCUT2D eigenvalue weighted by Gasteiger charge is 2.28. The number of hydrogen-bond acceptors (Lipinski definition) is 3. The molecule has 108 valence electrons. The Labute approximate surface area is 113 Å². The molecule has 1 rings (SSSR count). The Balaban J connectivity index is 2.23. The first-order valence-electron chi connectivity index (χ1n) is 7.52. The Bertz CT molecular complexity index is 221. The summed E-state index contributed by atoms with van der Waals surface area (Å²) >= 11 is 0. The topological polar surface area (TPSA) is 24.5 Å². The van der Waals surface area contributed by atoms with Gasteiger partial charge >= 0.3 is 0 Å². The van der Waals surface area contributed by atoms with E-state index in [1.807, 2.05) is 7.11 Å². The number of methoxy groups -OCH3 is 1. The zero-order chi connectivity index (χ0) is 13.5. The van der Waals surface area contributed by atoms with Crippen LogP contribution in [0.15, 0.2) is 0 Å². The Kier molecular flexibility index (Phi) is 7.20. The van der Waals surface area contributed by atoms with E-state index < -0.39 is 0 Å². The highest BCUT2D eigenvalue weighted by Crippen LogP contribution is 2.20. The van der Waals surface area contributed by atoms with Crippen LogP contribution in [0.2, 0.25) is 0 Å². The van der Waals surface area contributed by atoms with Gasteiger partial charge in [0.1, 0.15) is 0 Å². The molecule has 0 aromatic rings. The lowest BCUT2D eigenvalue weighted by atomic mass is 9.95. The van der Waals surface area contributed by atoms with Crippen molar-refractivity contribution in [2.45, 2.75) is 52.7 Å². The van der Waals surface area contributed by atoms with E-state index in [2.05, 4.69) is 37.9 Å². The standard InChI is InChI=1S/C15H32N2O/c1-12(2)6-8-16-10-14(4)17-9-7-13(3)15(11-17)18-5/h12-16H,6-11H2,1-5H3. The molecule has 0 aliphatic carbocycles. The molecular formula is C15H32N2O. The maximum Gasteiger partial charge on any atom is 0.0724 e. The van der Waals surface area contributed by atoms with E-state index in [-0.39, 0.29) is 0 Å². The summed E-state index contributed by atoms with van der Waals surface area (Å²) in [6, 6.07) is 0.613. The summed E-state index contributed by atoms with van der Waals surface area (Å²) in [6.45, 7) is 13.7. The van der Waals surface area contributed by atoms with Gasteiger partial charge in [-0.2, -0.15) is 0 Å². The second-order valence-corrected chi connectivity index (χ2v) is 6.27. The molecule has 0 saturated carbocycles. The summed E-state index contributed by atoms with van der Waals surface area (Å²) in [5.41, 5.74) is 0. The SMILES string of the molecule is COC1CN(C(C)CNCCC(C)C)CCC1C. The quantitative estimate of drug-likeness (QED) is 0.708. The fourth-order valence-corrected chi connectivity index (χ4v) is 2.60. The van der Waals surface area contributed by atoms with Crippen molar-refractivity contribution in [3.05, 3.63) is 0 Å². The molecule has 1 aliphatic rings. The van der Waals surface area contributed by atoms with Crippen molar-refractivity contribution in [1.29, 1.82) is 0 Å². The Morgan fingerprint density at radius 1 is 1.33 bits per heavy atom. The van der Waals surface area contributed by atoms with Gasteiger partial charge in [-0.15, -0.1) is 0 Å². The smallest absolute Gasteiger partial charge is 0.0724 e. The molecule has 1 N–H and O–H groups in total. The lowest BCUT2D eigenvalue weighted by Crippen LogP contribution is -2.50. The van der Waals surface area contributed by atoms with Crippen molar-refractivity contribution in [3.63, 3.8) is 0 Å². The molecular weight excluding hydrogens is 224 g/mol. The minimum absolute atomic E-state index is 0.414. The molecule has 0 spiro atoms. The summed E-state index contributed by atoms with van der Waals surface area (Å²) in [5, 5.41) is 3.58. The number of nitrogens with zero attached hydrogens (tertiary/aromatic N) is 1. The molecule has 0 aromatic carbocycles. The molecule has 3 nitrogen and oxygen atoms in total. The number of hydrogen-bond donors (Lipinski definition) is 1. The van der Waals surface area contributed by atoms with Crippen LogP contribution in [0.4, 0.5) is 0 Å². The highest BCUT2D eigenvalue weighted by atomic mass is 16.5. The second-order valence-electron chi connectivity index (χ2n) is 6.27. The van der Waals surface area contributed by atoms with Crippen LogP contribution in [-0.2, 0) is 4.74 Å². The van der Waals surface area contributed by atoms with Gasteiger partial charge in [0.15, 0.2) is 0 Å². The number of ether oxygens (including phenoxy) is 1. The van der Waals surface area contributed by atoms with Crippen molar-refractivity contribution in [2.75, 3.05) is 33.3 Å². The number of piperidine rings is 1. The minimum Gasteiger partial charge on any atom is -0.380 e. The third-order valence-electron chi connectivity index (χ3n) is 4.19. The van der Waals surface area contributed by atoms with Gasteiger partial charge in [0.05, 0.1) is 6.10 Å². The third kappa shape index (κ3) is 5.25. The van der Waals surface area contributed by atoms with E-state index >= 15 is 0 Å². The predicted octanol–water partition coefficient (Wildman–Crippen LogP) is 2.37. The summed E-state index contributed by atoms with van der Waals surface area (Å²) in [6.07, 6.45) is 2.94. The van der Waals surface area contributed by atoms with Crippen molar-refractivity contribution in [3.8, 4) is 0 Å². The van der Waals surface area contributed by atoms with E-state index in [0.717, 1.165) is 25.6 Å². The second kappa shape index (κ2) is 8.13. The summed E-state index contributed by atoms with van der Waals surface area (Å²) < 4.78 is 5.58. The Morgan fingerprint density at radius 3 is 2.67 bits per heavy atom. The first kappa shape index (κ1) is 15.9. The molecule has 0 aromatic heterocycles. The first-order valence-corrected chi connectivity index (χ1v) is 7.52. The lowest BCUT2D eigenvalue weighted by Gasteiger charge is -2.39. The van der Waals surface area contributed by atoms with Crippen molar-refractivity contribution >= 4 is 0 Å². The van der Waals surface area contributed by atoms with E-state index in [9.17, 15) is 0 Å². The van der Waals surface area contributed by atoms with Gasteiger partial charge in [-0.05, 0) is 44.7 Å². The van der Waals surface area contributed by atoms with Gasteiger partial charge in [0, 0.05) is 26.2 Å². The summed E-state index contributed by atoms with van der Waals surface area (Å²) in [4.78, 5) is 2.57. The summed E-state index contributed by atoms with van der Waals surface area (Å²) in [5.74, 6) is 1.49. The van der Waals surface area contributed by atoms with E-state index in [0.29, 0.717) is 18.1 Å². The molecule has 1 saturated heterocycles. The largest absolute Gasteiger partial charge is 0.380 e. The van der Waals surface area contributed by atoms with Crippen molar-refractivity contribution in [1.82, 2.24) is 10.2 Å². The van der Waals surface area contributed by atoms with Gasteiger partial charge in [0.25, 0.3) is 0 Å². The zero-order valence-corrected chi connectivity index (χ0v) is 12.9. The van der Waals surface area contributed by atoms with Crippen LogP contribution in [0, 0.1) is 11.8 Å². The monoisotopic (exact) mass is 256 g/mol. The zero-order valence-electron chi connectivity index (χ0n) is 12.9. The molecule has 18 heavy (non-hydrogen) atoms. The minimum atomic E-state index is 0.414. The Morgan fingerprint density at radius 2 is 2.06 bits per heavy atom. The van der Waals surface area contributed by atoms with Crippen LogP contribution in [0.25, 0.3) is 0 Å². The fourth-order valence-electron chi connectivity index (χ4n) is 2.60. The van der Waals surface area contributed by atoms with Gasteiger partial charge in [-0.3, -0.25) is 4.90 Å². The first-order chi connectivity index (χ1) is 8.54. The number of likely N-dealkylation sites (tertiary alicyclic amines) is 1. The van der Waals surface area contributed by atoms with Crippen LogP contribution in [0.3, 0.4) is 0 Å². The molecule has 3 atom stereocenters. The molecule has 3 heteroatoms. The van der Waals surface area contributed by atoms with Gasteiger partial charge in [-0.1, -0.05) is 20.8 Å². The molecule has 1 fully saturated rings. The molecule has 1 heterocycles. The molecule has 0 amide bonds. The molecule has 0 radical (unpaired) electrons. The van der Waals surface area contributed by atoms with E-state index in [1.54, 1.807) is 0 Å². The molecule has 1 aliphatic heterocycles. The predicted molar refractivity (Wildman–Crippen MR) is 77.9 cm³/mol. The average molecular weight is 256 g/mol. The normalized spacial score (nSPS) is 27.7. The van der Waals surface area contributed by atoms with E-state index in [1.165, 1.54) is 19.4 Å². The van der Waals surface area contributed by atoms with Crippen LogP contribution in [-0.4, -0.2) is 50.3 Å². The Hall–Kier alpha value is -0.120. The molecule has 3 unspecified atom stereocenters. The third-order valence-corrected chi connectivity index (χ3v) is 4.19. The average Bonchev–Trinajstić information content (AvgIpc) is 2.34. The fraction of sp³-hybridized carbons (Fsp3) is 1.00. The van der Waals surface area contributed by atoms with Crippen LogP contribution in [0.1, 0.15) is 40.5 Å². The number of rotatable bonds is 7. The van der Waals surface area contributed by atoms with Gasteiger partial charge < -0.3 is 10.1 Å². The van der Waals surface area contributed by atoms with Crippen LogP contribution < -0.4 is 5.32 Å². The molecule has 0 bridgehead atoms. The van der Waals surface area contributed by atoms with Crippen molar-refractivity contribution < 1.29 is 4.74 Å². The van der Waals surface area contributed by atoms with Gasteiger partial charge in [0.2, 0.25) is 0 Å². The van der Waals surface area contributed by atoms with Gasteiger partial charge in [-0.25, -0.2) is 0 Å². The lowest BCUT2D eigenvalue weighted by molar-refractivity contribution is -0.0164. The van der Waals surface area contributed by atoms with Crippen molar-refractivity contribution in [2.24, 2.45) is 11.8 Å². The van der Waals surface area contributed by atoms with Crippen LogP contribution in [0.5, 0.6) is 0 Å².